The van der Waals surface area contributed by atoms with Crippen molar-refractivity contribution < 1.29 is 8.78 Å². The molecule has 0 aliphatic carbocycles. The smallest absolute Gasteiger partial charge is 0.129 e. The summed E-state index contributed by atoms with van der Waals surface area (Å²) in [5.74, 6) is -0.761. The average Bonchev–Trinajstić information content (AvgIpc) is 2.40. The largest absolute Gasteiger partial charge is 0.207 e. The van der Waals surface area contributed by atoms with Gasteiger partial charge in [0.2, 0.25) is 0 Å². The zero-order chi connectivity index (χ0) is 14.7. The topological polar surface area (TPSA) is 0 Å². The van der Waals surface area contributed by atoms with Gasteiger partial charge >= 0.3 is 0 Å². The van der Waals surface area contributed by atoms with E-state index in [4.69, 9.17) is 0 Å². The number of benzene rings is 2. The Morgan fingerprint density at radius 1 is 1.00 bits per heavy atom. The molecule has 2 heteroatoms. The van der Waals surface area contributed by atoms with Crippen molar-refractivity contribution in [1.29, 1.82) is 0 Å². The lowest BCUT2D eigenvalue weighted by atomic mass is 9.86. The monoisotopic (exact) mass is 274 g/mol. The quantitative estimate of drug-likeness (QED) is 0.708. The molecule has 0 aliphatic rings. The van der Waals surface area contributed by atoms with Crippen LogP contribution in [0.1, 0.15) is 41.5 Å². The Hall–Kier alpha value is -1.70. The summed E-state index contributed by atoms with van der Waals surface area (Å²) in [6.45, 7) is 6.17. The minimum absolute atomic E-state index is 0.141. The minimum atomic E-state index is -0.451. The first-order chi connectivity index (χ1) is 9.52. The number of aryl methyl sites for hydroxylation is 2. The van der Waals surface area contributed by atoms with Crippen molar-refractivity contribution in [3.05, 3.63) is 70.3 Å². The molecule has 0 bridgehead atoms. The maximum atomic E-state index is 13.8. The lowest BCUT2D eigenvalue weighted by molar-refractivity contribution is 0.532. The molecule has 0 fully saturated rings. The SMILES string of the molecule is CCC(Cc1c(F)cccc1F)c1ccc(C)cc1C. The number of halogens is 2. The van der Waals surface area contributed by atoms with Crippen molar-refractivity contribution >= 4 is 0 Å². The predicted octanol–water partition coefficient (Wildman–Crippen LogP) is 5.32. The van der Waals surface area contributed by atoms with E-state index in [0.717, 1.165) is 6.42 Å². The summed E-state index contributed by atoms with van der Waals surface area (Å²) in [5.41, 5.74) is 3.77. The molecule has 0 heterocycles. The molecule has 2 aromatic rings. The molecule has 1 atom stereocenters. The van der Waals surface area contributed by atoms with Crippen LogP contribution in [-0.2, 0) is 6.42 Å². The molecule has 106 valence electrons. The molecule has 0 saturated carbocycles. The second kappa shape index (κ2) is 6.17. The lowest BCUT2D eigenvalue weighted by Gasteiger charge is -2.19. The molecule has 0 aliphatic heterocycles. The summed E-state index contributed by atoms with van der Waals surface area (Å²) in [6.07, 6.45) is 1.26. The normalized spacial score (nSPS) is 12.4. The Labute approximate surface area is 119 Å². The molecule has 0 saturated heterocycles. The van der Waals surface area contributed by atoms with E-state index >= 15 is 0 Å². The Morgan fingerprint density at radius 3 is 2.20 bits per heavy atom. The second-order valence-corrected chi connectivity index (χ2v) is 5.37. The highest BCUT2D eigenvalue weighted by atomic mass is 19.1. The van der Waals surface area contributed by atoms with Gasteiger partial charge < -0.3 is 0 Å². The molecule has 2 aromatic carbocycles. The van der Waals surface area contributed by atoms with Gasteiger partial charge in [0.15, 0.2) is 0 Å². The van der Waals surface area contributed by atoms with Crippen molar-refractivity contribution in [3.8, 4) is 0 Å². The Kier molecular flexibility index (Phi) is 4.53. The summed E-state index contributed by atoms with van der Waals surface area (Å²) in [4.78, 5) is 0. The molecular formula is C18H20F2. The molecular weight excluding hydrogens is 254 g/mol. The fourth-order valence-electron chi connectivity index (χ4n) is 2.73. The van der Waals surface area contributed by atoms with E-state index in [-0.39, 0.29) is 11.5 Å². The van der Waals surface area contributed by atoms with Crippen molar-refractivity contribution in [3.63, 3.8) is 0 Å². The first-order valence-corrected chi connectivity index (χ1v) is 7.03. The van der Waals surface area contributed by atoms with Crippen molar-refractivity contribution in [2.24, 2.45) is 0 Å². The van der Waals surface area contributed by atoms with E-state index in [1.165, 1.54) is 34.9 Å². The van der Waals surface area contributed by atoms with E-state index in [2.05, 4.69) is 32.0 Å². The highest BCUT2D eigenvalue weighted by molar-refractivity contribution is 5.34. The average molecular weight is 274 g/mol. The van der Waals surface area contributed by atoms with Crippen LogP contribution in [0, 0.1) is 25.5 Å². The molecule has 20 heavy (non-hydrogen) atoms. The van der Waals surface area contributed by atoms with Crippen LogP contribution < -0.4 is 0 Å². The van der Waals surface area contributed by atoms with Gasteiger partial charge in [-0.1, -0.05) is 36.8 Å². The molecule has 0 aromatic heterocycles. The fourth-order valence-corrected chi connectivity index (χ4v) is 2.73. The van der Waals surface area contributed by atoms with E-state index in [9.17, 15) is 8.78 Å². The molecule has 1 unspecified atom stereocenters. The fraction of sp³-hybridized carbons (Fsp3) is 0.333. The molecule has 0 radical (unpaired) electrons. The van der Waals surface area contributed by atoms with Gasteiger partial charge in [-0.25, -0.2) is 8.78 Å². The van der Waals surface area contributed by atoms with E-state index in [1.807, 2.05) is 6.92 Å². The number of rotatable bonds is 4. The summed E-state index contributed by atoms with van der Waals surface area (Å²) in [5, 5.41) is 0. The third kappa shape index (κ3) is 3.06. The van der Waals surface area contributed by atoms with E-state index in [0.29, 0.717) is 6.42 Å². The minimum Gasteiger partial charge on any atom is -0.207 e. The zero-order valence-corrected chi connectivity index (χ0v) is 12.2. The van der Waals surface area contributed by atoms with Gasteiger partial charge in [0.05, 0.1) is 0 Å². The Balaban J connectivity index is 2.34. The van der Waals surface area contributed by atoms with Crippen LogP contribution in [-0.4, -0.2) is 0 Å². The van der Waals surface area contributed by atoms with Crippen LogP contribution in [0.3, 0.4) is 0 Å². The van der Waals surface area contributed by atoms with Gasteiger partial charge in [-0.15, -0.1) is 0 Å². The summed E-state index contributed by atoms with van der Waals surface area (Å²) >= 11 is 0. The van der Waals surface area contributed by atoms with Crippen LogP contribution in [0.2, 0.25) is 0 Å². The maximum Gasteiger partial charge on any atom is 0.129 e. The molecule has 2 rings (SSSR count). The zero-order valence-electron chi connectivity index (χ0n) is 12.2. The predicted molar refractivity (Wildman–Crippen MR) is 79.0 cm³/mol. The second-order valence-electron chi connectivity index (χ2n) is 5.37. The number of hydrogen-bond acceptors (Lipinski definition) is 0. The van der Waals surface area contributed by atoms with Crippen molar-refractivity contribution in [1.82, 2.24) is 0 Å². The standard InChI is InChI=1S/C18H20F2/c1-4-14(15-9-8-12(2)10-13(15)3)11-16-17(19)6-5-7-18(16)20/h5-10,14H,4,11H2,1-3H3. The van der Waals surface area contributed by atoms with Gasteiger partial charge in [0, 0.05) is 5.56 Å². The Morgan fingerprint density at radius 2 is 1.65 bits per heavy atom. The van der Waals surface area contributed by atoms with Crippen LogP contribution in [0.25, 0.3) is 0 Å². The number of hydrogen-bond donors (Lipinski definition) is 0. The third-order valence-electron chi connectivity index (χ3n) is 3.87. The molecule has 0 amide bonds. The third-order valence-corrected chi connectivity index (χ3v) is 3.87. The molecule has 0 N–H and O–H groups in total. The van der Waals surface area contributed by atoms with E-state index < -0.39 is 11.6 Å². The Bertz CT molecular complexity index is 582. The maximum absolute atomic E-state index is 13.8. The summed E-state index contributed by atoms with van der Waals surface area (Å²) < 4.78 is 27.6. The van der Waals surface area contributed by atoms with Crippen LogP contribution in [0.4, 0.5) is 8.78 Å². The first-order valence-electron chi connectivity index (χ1n) is 7.03. The molecule has 0 nitrogen and oxygen atoms in total. The van der Waals surface area contributed by atoms with E-state index in [1.54, 1.807) is 0 Å². The first kappa shape index (κ1) is 14.7. The van der Waals surface area contributed by atoms with Gasteiger partial charge in [-0.2, -0.15) is 0 Å². The van der Waals surface area contributed by atoms with Crippen molar-refractivity contribution in [2.75, 3.05) is 0 Å². The van der Waals surface area contributed by atoms with Crippen LogP contribution in [0.5, 0.6) is 0 Å². The van der Waals surface area contributed by atoms with Gasteiger partial charge in [0.1, 0.15) is 11.6 Å². The van der Waals surface area contributed by atoms with Crippen LogP contribution in [0.15, 0.2) is 36.4 Å². The van der Waals surface area contributed by atoms with Gasteiger partial charge in [-0.3, -0.25) is 0 Å². The van der Waals surface area contributed by atoms with Gasteiger partial charge in [0.25, 0.3) is 0 Å². The highest BCUT2D eigenvalue weighted by Crippen LogP contribution is 2.29. The van der Waals surface area contributed by atoms with Gasteiger partial charge in [-0.05, 0) is 55.9 Å². The van der Waals surface area contributed by atoms with Crippen LogP contribution >= 0.6 is 0 Å². The van der Waals surface area contributed by atoms with Crippen molar-refractivity contribution in [2.45, 2.75) is 39.5 Å². The summed E-state index contributed by atoms with van der Waals surface area (Å²) in [7, 11) is 0. The lowest BCUT2D eigenvalue weighted by Crippen LogP contribution is -2.07. The summed E-state index contributed by atoms with van der Waals surface area (Å²) in [6, 6.07) is 10.3. The highest BCUT2D eigenvalue weighted by Gasteiger charge is 2.17. The molecule has 0 spiro atoms.